The number of nitrogens with zero attached hydrogens (tertiary/aromatic N) is 1. The van der Waals surface area contributed by atoms with Gasteiger partial charge in [0.25, 0.3) is 0 Å². The number of hydrogen-bond donors (Lipinski definition) is 2. The van der Waals surface area contributed by atoms with Gasteiger partial charge in [-0.05, 0) is 66.1 Å². The summed E-state index contributed by atoms with van der Waals surface area (Å²) in [6, 6.07) is 0. The van der Waals surface area contributed by atoms with Gasteiger partial charge in [0.15, 0.2) is 0 Å². The third-order valence-corrected chi connectivity index (χ3v) is 5.36. The van der Waals surface area contributed by atoms with Crippen molar-refractivity contribution in [2.45, 2.75) is 64.0 Å². The Morgan fingerprint density at radius 3 is 2.63 bits per heavy atom. The van der Waals surface area contributed by atoms with Crippen molar-refractivity contribution < 1.29 is 9.90 Å². The lowest BCUT2D eigenvalue weighted by molar-refractivity contribution is -0.146. The molecule has 2 atom stereocenters. The van der Waals surface area contributed by atoms with Gasteiger partial charge in [0, 0.05) is 5.54 Å². The van der Waals surface area contributed by atoms with Crippen LogP contribution in [0.3, 0.4) is 0 Å². The lowest BCUT2D eigenvalue weighted by Crippen LogP contribution is -2.54. The average Bonchev–Trinajstić information content (AvgIpc) is 2.79. The van der Waals surface area contributed by atoms with Crippen molar-refractivity contribution in [3.05, 3.63) is 0 Å². The first kappa shape index (κ1) is 16.4. The predicted molar refractivity (Wildman–Crippen MR) is 78.4 cm³/mol. The molecule has 2 N–H and O–H groups in total. The van der Waals surface area contributed by atoms with Gasteiger partial charge in [-0.1, -0.05) is 13.3 Å². The van der Waals surface area contributed by atoms with E-state index in [1.807, 2.05) is 0 Å². The van der Waals surface area contributed by atoms with Gasteiger partial charge in [0.2, 0.25) is 0 Å². The monoisotopic (exact) mass is 270 g/mol. The summed E-state index contributed by atoms with van der Waals surface area (Å²) >= 11 is 0. The van der Waals surface area contributed by atoms with E-state index >= 15 is 0 Å². The zero-order valence-electron chi connectivity index (χ0n) is 13.1. The fourth-order valence-electron chi connectivity index (χ4n) is 3.11. The molecule has 1 aliphatic carbocycles. The van der Waals surface area contributed by atoms with Gasteiger partial charge in [0.1, 0.15) is 5.54 Å². The lowest BCUT2D eigenvalue weighted by atomic mass is 9.84. The predicted octanol–water partition coefficient (Wildman–Crippen LogP) is 2.34. The van der Waals surface area contributed by atoms with Crippen molar-refractivity contribution in [2.24, 2.45) is 5.92 Å². The lowest BCUT2D eigenvalue weighted by Gasteiger charge is -2.37. The standard InChI is InChI=1S/C15H30N2O2/c1-6-14(2,3)17(5)11-9-12-8-7-10-15(12,16-4)13(18)19/h12,16H,6-11H2,1-5H3,(H,18,19). The molecule has 4 heteroatoms. The third kappa shape index (κ3) is 3.29. The van der Waals surface area contributed by atoms with E-state index < -0.39 is 11.5 Å². The average molecular weight is 270 g/mol. The topological polar surface area (TPSA) is 52.6 Å². The number of carbonyl (C=O) groups is 1. The van der Waals surface area contributed by atoms with Crippen molar-refractivity contribution in [3.8, 4) is 0 Å². The van der Waals surface area contributed by atoms with E-state index in [4.69, 9.17) is 0 Å². The molecule has 0 bridgehead atoms. The maximum atomic E-state index is 11.6. The normalized spacial score (nSPS) is 28.0. The minimum Gasteiger partial charge on any atom is -0.480 e. The fraction of sp³-hybridized carbons (Fsp3) is 0.933. The van der Waals surface area contributed by atoms with Gasteiger partial charge in [0.05, 0.1) is 0 Å². The molecule has 0 heterocycles. The van der Waals surface area contributed by atoms with Crippen molar-refractivity contribution in [1.29, 1.82) is 0 Å². The van der Waals surface area contributed by atoms with Gasteiger partial charge in [-0.3, -0.25) is 4.79 Å². The number of rotatable bonds is 7. The van der Waals surface area contributed by atoms with Crippen LogP contribution < -0.4 is 5.32 Å². The molecular weight excluding hydrogens is 240 g/mol. The fourth-order valence-corrected chi connectivity index (χ4v) is 3.11. The Kier molecular flexibility index (Phi) is 5.39. The minimum absolute atomic E-state index is 0.185. The van der Waals surface area contributed by atoms with Crippen molar-refractivity contribution in [1.82, 2.24) is 10.2 Å². The first-order valence-corrected chi connectivity index (χ1v) is 7.43. The molecule has 0 saturated heterocycles. The zero-order chi connectivity index (χ0) is 14.7. The Morgan fingerprint density at radius 1 is 1.53 bits per heavy atom. The van der Waals surface area contributed by atoms with Crippen LogP contribution >= 0.6 is 0 Å². The van der Waals surface area contributed by atoms with Gasteiger partial charge >= 0.3 is 5.97 Å². The van der Waals surface area contributed by atoms with Crippen LogP contribution in [0.2, 0.25) is 0 Å². The van der Waals surface area contributed by atoms with E-state index in [1.165, 1.54) is 0 Å². The highest BCUT2D eigenvalue weighted by Crippen LogP contribution is 2.38. The SMILES string of the molecule is CCC(C)(C)N(C)CCC1CCCC1(NC)C(=O)O. The molecule has 0 aromatic carbocycles. The van der Waals surface area contributed by atoms with Crippen LogP contribution in [-0.4, -0.2) is 47.7 Å². The van der Waals surface area contributed by atoms with Gasteiger partial charge < -0.3 is 15.3 Å². The molecule has 0 amide bonds. The summed E-state index contributed by atoms with van der Waals surface area (Å²) < 4.78 is 0. The van der Waals surface area contributed by atoms with Gasteiger partial charge in [-0.15, -0.1) is 0 Å². The van der Waals surface area contributed by atoms with Crippen LogP contribution in [0.5, 0.6) is 0 Å². The van der Waals surface area contributed by atoms with Crippen LogP contribution in [0.15, 0.2) is 0 Å². The van der Waals surface area contributed by atoms with Crippen LogP contribution in [0.4, 0.5) is 0 Å². The molecule has 0 spiro atoms. The number of nitrogens with one attached hydrogen (secondary N) is 1. The molecule has 112 valence electrons. The molecule has 0 radical (unpaired) electrons. The Balaban J connectivity index is 2.64. The molecule has 0 aromatic heterocycles. The summed E-state index contributed by atoms with van der Waals surface area (Å²) in [7, 11) is 3.92. The second kappa shape index (κ2) is 6.23. The highest BCUT2D eigenvalue weighted by atomic mass is 16.4. The molecule has 4 nitrogen and oxygen atoms in total. The number of likely N-dealkylation sites (N-methyl/N-ethyl adjacent to an activating group) is 1. The van der Waals surface area contributed by atoms with Crippen LogP contribution in [0, 0.1) is 5.92 Å². The summed E-state index contributed by atoms with van der Waals surface area (Å²) in [6.45, 7) is 7.64. The van der Waals surface area contributed by atoms with Crippen molar-refractivity contribution in [2.75, 3.05) is 20.6 Å². The largest absolute Gasteiger partial charge is 0.480 e. The summed E-state index contributed by atoms with van der Waals surface area (Å²) in [5, 5.41) is 12.6. The Bertz CT molecular complexity index is 317. The Hall–Kier alpha value is -0.610. The summed E-state index contributed by atoms with van der Waals surface area (Å²) in [4.78, 5) is 13.9. The zero-order valence-corrected chi connectivity index (χ0v) is 13.1. The van der Waals surface area contributed by atoms with Crippen LogP contribution in [-0.2, 0) is 4.79 Å². The number of aliphatic carboxylic acids is 1. The van der Waals surface area contributed by atoms with Crippen LogP contribution in [0.1, 0.15) is 52.9 Å². The van der Waals surface area contributed by atoms with Crippen molar-refractivity contribution in [3.63, 3.8) is 0 Å². The first-order valence-electron chi connectivity index (χ1n) is 7.43. The van der Waals surface area contributed by atoms with E-state index in [2.05, 4.69) is 38.0 Å². The maximum absolute atomic E-state index is 11.6. The number of hydrogen-bond acceptors (Lipinski definition) is 3. The van der Waals surface area contributed by atoms with Gasteiger partial charge in [-0.2, -0.15) is 0 Å². The molecule has 2 unspecified atom stereocenters. The molecular formula is C15H30N2O2. The Labute approximate surface area is 117 Å². The summed E-state index contributed by atoms with van der Waals surface area (Å²) in [6.07, 6.45) is 4.84. The number of carboxylic acids is 1. The summed E-state index contributed by atoms with van der Waals surface area (Å²) in [5.74, 6) is -0.444. The van der Waals surface area contributed by atoms with E-state index in [1.54, 1.807) is 7.05 Å². The van der Waals surface area contributed by atoms with E-state index in [9.17, 15) is 9.90 Å². The maximum Gasteiger partial charge on any atom is 0.324 e. The molecule has 0 aliphatic heterocycles. The Morgan fingerprint density at radius 2 is 2.16 bits per heavy atom. The third-order valence-electron chi connectivity index (χ3n) is 5.36. The molecule has 1 aliphatic rings. The second-order valence-corrected chi connectivity index (χ2v) is 6.49. The van der Waals surface area contributed by atoms with Crippen LogP contribution in [0.25, 0.3) is 0 Å². The minimum atomic E-state index is -0.697. The number of carboxylic acid groups (broad SMARTS) is 1. The van der Waals surface area contributed by atoms with Gasteiger partial charge in [-0.25, -0.2) is 0 Å². The highest BCUT2D eigenvalue weighted by molar-refractivity contribution is 5.79. The highest BCUT2D eigenvalue weighted by Gasteiger charge is 2.47. The smallest absolute Gasteiger partial charge is 0.324 e. The molecule has 1 rings (SSSR count). The molecule has 0 aromatic rings. The molecule has 19 heavy (non-hydrogen) atoms. The first-order chi connectivity index (χ1) is 8.80. The molecule has 1 fully saturated rings. The molecule has 1 saturated carbocycles. The van der Waals surface area contributed by atoms with Crippen molar-refractivity contribution >= 4 is 5.97 Å². The van der Waals surface area contributed by atoms with E-state index in [0.717, 1.165) is 38.6 Å². The summed E-state index contributed by atoms with van der Waals surface area (Å²) in [5.41, 5.74) is -0.513. The second-order valence-electron chi connectivity index (χ2n) is 6.49. The van der Waals surface area contributed by atoms with E-state index in [-0.39, 0.29) is 11.5 Å². The van der Waals surface area contributed by atoms with E-state index in [0.29, 0.717) is 0 Å². The quantitative estimate of drug-likeness (QED) is 0.745.